The average Bonchev–Trinajstić information content (AvgIpc) is 3.15. The molecule has 0 aliphatic heterocycles. The summed E-state index contributed by atoms with van der Waals surface area (Å²) in [5.74, 6) is -0.0573. The van der Waals surface area contributed by atoms with Gasteiger partial charge in [-0.2, -0.15) is 10.4 Å². The van der Waals surface area contributed by atoms with Crippen LogP contribution in [0.1, 0.15) is 28.1 Å². The maximum atomic E-state index is 12.2. The Balaban J connectivity index is 1.46. The molecule has 2 aromatic heterocycles. The van der Waals surface area contributed by atoms with Crippen LogP contribution in [0.5, 0.6) is 0 Å². The van der Waals surface area contributed by atoms with E-state index < -0.39 is 0 Å². The SMILES string of the molecule is Cc1cc(C)nc(SCC(=O)N/N=C\c2cn(Cc3ccccc3C#N)c3ccccc23)n1. The van der Waals surface area contributed by atoms with E-state index in [1.54, 1.807) is 6.21 Å². The minimum absolute atomic E-state index is 0.174. The van der Waals surface area contributed by atoms with Crippen LogP contribution in [0.2, 0.25) is 0 Å². The largest absolute Gasteiger partial charge is 0.342 e. The monoisotopic (exact) mass is 454 g/mol. The first-order valence-corrected chi connectivity index (χ1v) is 11.3. The van der Waals surface area contributed by atoms with Crippen molar-refractivity contribution >= 4 is 34.8 Å². The molecule has 1 N–H and O–H groups in total. The predicted octanol–water partition coefficient (Wildman–Crippen LogP) is 4.21. The third-order valence-electron chi connectivity index (χ3n) is 4.98. The predicted molar refractivity (Wildman–Crippen MR) is 130 cm³/mol. The van der Waals surface area contributed by atoms with E-state index in [2.05, 4.69) is 31.1 Å². The van der Waals surface area contributed by atoms with E-state index in [1.807, 2.05) is 74.6 Å². The van der Waals surface area contributed by atoms with E-state index in [-0.39, 0.29) is 11.7 Å². The number of hydrogen-bond acceptors (Lipinski definition) is 6. The topological polar surface area (TPSA) is 96.0 Å². The number of nitrogens with one attached hydrogen (secondary N) is 1. The zero-order chi connectivity index (χ0) is 23.2. The summed E-state index contributed by atoms with van der Waals surface area (Å²) in [4.78, 5) is 20.9. The van der Waals surface area contributed by atoms with Gasteiger partial charge in [-0.25, -0.2) is 15.4 Å². The maximum Gasteiger partial charge on any atom is 0.250 e. The Morgan fingerprint density at radius 1 is 1.15 bits per heavy atom. The fraction of sp³-hybridized carbons (Fsp3) is 0.160. The number of aromatic nitrogens is 3. The van der Waals surface area contributed by atoms with Gasteiger partial charge in [-0.05, 0) is 37.6 Å². The van der Waals surface area contributed by atoms with Gasteiger partial charge in [0.25, 0.3) is 5.91 Å². The highest BCUT2D eigenvalue weighted by molar-refractivity contribution is 7.99. The number of amides is 1. The number of rotatable bonds is 7. The number of aryl methyl sites for hydroxylation is 2. The summed E-state index contributed by atoms with van der Waals surface area (Å²) in [6, 6.07) is 19.7. The zero-order valence-electron chi connectivity index (χ0n) is 18.3. The molecule has 7 nitrogen and oxygen atoms in total. The molecule has 0 saturated carbocycles. The third kappa shape index (κ3) is 5.45. The van der Waals surface area contributed by atoms with E-state index in [4.69, 9.17) is 0 Å². The van der Waals surface area contributed by atoms with Crippen LogP contribution < -0.4 is 5.43 Å². The van der Waals surface area contributed by atoms with Gasteiger partial charge in [0.2, 0.25) is 0 Å². The number of hydrazone groups is 1. The van der Waals surface area contributed by atoms with Crippen LogP contribution in [0.25, 0.3) is 10.9 Å². The minimum Gasteiger partial charge on any atom is -0.342 e. The van der Waals surface area contributed by atoms with Crippen LogP contribution in [0.15, 0.2) is 71.1 Å². The molecule has 0 radical (unpaired) electrons. The number of nitrogens with zero attached hydrogens (tertiary/aromatic N) is 5. The lowest BCUT2D eigenvalue weighted by atomic mass is 10.1. The summed E-state index contributed by atoms with van der Waals surface area (Å²) < 4.78 is 2.09. The van der Waals surface area contributed by atoms with Gasteiger partial charge >= 0.3 is 0 Å². The Hall–Kier alpha value is -3.96. The van der Waals surface area contributed by atoms with Crippen molar-refractivity contribution in [2.24, 2.45) is 5.10 Å². The van der Waals surface area contributed by atoms with E-state index in [9.17, 15) is 10.1 Å². The lowest BCUT2D eigenvalue weighted by Gasteiger charge is -2.07. The van der Waals surface area contributed by atoms with E-state index in [0.717, 1.165) is 33.4 Å². The van der Waals surface area contributed by atoms with Crippen molar-refractivity contribution in [1.29, 1.82) is 5.26 Å². The zero-order valence-corrected chi connectivity index (χ0v) is 19.1. The standard InChI is InChI=1S/C25H22N6OS/c1-17-11-18(2)29-25(28-17)33-16-24(32)30-27-13-21-15-31(23-10-6-5-9-22(21)23)14-20-8-4-3-7-19(20)12-26/h3-11,13,15H,14,16H2,1-2H3,(H,30,32)/b27-13-. The highest BCUT2D eigenvalue weighted by Crippen LogP contribution is 2.22. The minimum atomic E-state index is -0.231. The first-order chi connectivity index (χ1) is 16.0. The number of fused-ring (bicyclic) bond motifs is 1. The van der Waals surface area contributed by atoms with E-state index in [1.165, 1.54) is 11.8 Å². The Kier molecular flexibility index (Phi) is 6.81. The van der Waals surface area contributed by atoms with Crippen molar-refractivity contribution in [2.45, 2.75) is 25.5 Å². The molecular formula is C25H22N6OS. The summed E-state index contributed by atoms with van der Waals surface area (Å²) >= 11 is 1.28. The van der Waals surface area contributed by atoms with Gasteiger partial charge in [-0.1, -0.05) is 48.2 Å². The molecule has 4 rings (SSSR count). The third-order valence-corrected chi connectivity index (χ3v) is 5.83. The molecule has 0 aliphatic carbocycles. The summed E-state index contributed by atoms with van der Waals surface area (Å²) in [5.41, 5.74) is 7.83. The normalized spacial score (nSPS) is 11.1. The molecule has 0 atom stereocenters. The molecule has 0 saturated heterocycles. The van der Waals surface area contributed by atoms with Crippen molar-refractivity contribution in [1.82, 2.24) is 20.0 Å². The molecular weight excluding hydrogens is 432 g/mol. The summed E-state index contributed by atoms with van der Waals surface area (Å²) in [7, 11) is 0. The highest BCUT2D eigenvalue weighted by Gasteiger charge is 2.10. The number of para-hydroxylation sites is 1. The molecule has 0 bridgehead atoms. The number of benzene rings is 2. The second-order valence-electron chi connectivity index (χ2n) is 7.51. The van der Waals surface area contributed by atoms with E-state index >= 15 is 0 Å². The van der Waals surface area contributed by atoms with Crippen molar-refractivity contribution < 1.29 is 4.79 Å². The van der Waals surface area contributed by atoms with Gasteiger partial charge in [0, 0.05) is 40.6 Å². The van der Waals surface area contributed by atoms with Crippen molar-refractivity contribution in [3.05, 3.63) is 88.9 Å². The second kappa shape index (κ2) is 10.1. The van der Waals surface area contributed by atoms with Crippen LogP contribution in [0.3, 0.4) is 0 Å². The highest BCUT2D eigenvalue weighted by atomic mass is 32.2. The Bertz CT molecular complexity index is 1370. The van der Waals surface area contributed by atoms with Crippen LogP contribution in [0, 0.1) is 25.2 Å². The van der Waals surface area contributed by atoms with Crippen molar-refractivity contribution in [3.63, 3.8) is 0 Å². The Morgan fingerprint density at radius 2 is 1.88 bits per heavy atom. The Labute approximate surface area is 196 Å². The molecule has 4 aromatic rings. The molecule has 164 valence electrons. The van der Waals surface area contributed by atoms with Gasteiger partial charge in [0.1, 0.15) is 0 Å². The molecule has 0 spiro atoms. The molecule has 1 amide bonds. The van der Waals surface area contributed by atoms with Gasteiger partial charge in [0.05, 0.1) is 23.6 Å². The van der Waals surface area contributed by atoms with Crippen LogP contribution in [-0.2, 0) is 11.3 Å². The maximum absolute atomic E-state index is 12.2. The second-order valence-corrected chi connectivity index (χ2v) is 8.46. The fourth-order valence-corrected chi connectivity index (χ4v) is 4.30. The van der Waals surface area contributed by atoms with Gasteiger partial charge in [-0.15, -0.1) is 0 Å². The van der Waals surface area contributed by atoms with Crippen molar-refractivity contribution in [2.75, 3.05) is 5.75 Å². The Morgan fingerprint density at radius 3 is 2.67 bits per heavy atom. The first-order valence-electron chi connectivity index (χ1n) is 10.4. The lowest BCUT2D eigenvalue weighted by molar-refractivity contribution is -0.118. The summed E-state index contributed by atoms with van der Waals surface area (Å²) in [5, 5.41) is 15.1. The van der Waals surface area contributed by atoms with Gasteiger partial charge in [0.15, 0.2) is 5.16 Å². The first kappa shape index (κ1) is 22.2. The molecule has 2 aromatic carbocycles. The fourth-order valence-electron chi connectivity index (χ4n) is 3.55. The smallest absolute Gasteiger partial charge is 0.250 e. The number of hydrogen-bond donors (Lipinski definition) is 1. The quantitative estimate of drug-likeness (QED) is 0.195. The number of carbonyl (C=O) groups excluding carboxylic acids is 1. The van der Waals surface area contributed by atoms with Crippen molar-refractivity contribution in [3.8, 4) is 6.07 Å². The number of carbonyl (C=O) groups is 1. The molecule has 2 heterocycles. The molecule has 33 heavy (non-hydrogen) atoms. The van der Waals surface area contributed by atoms with Gasteiger partial charge in [-0.3, -0.25) is 4.79 Å². The number of nitriles is 1. The molecule has 0 aliphatic rings. The van der Waals surface area contributed by atoms with Gasteiger partial charge < -0.3 is 4.57 Å². The lowest BCUT2D eigenvalue weighted by Crippen LogP contribution is -2.19. The van der Waals surface area contributed by atoms with E-state index in [0.29, 0.717) is 17.3 Å². The van der Waals surface area contributed by atoms with Crippen LogP contribution in [0.4, 0.5) is 0 Å². The summed E-state index contributed by atoms with van der Waals surface area (Å²) in [6.45, 7) is 4.37. The molecule has 0 fully saturated rings. The molecule has 0 unspecified atom stereocenters. The number of thioether (sulfide) groups is 1. The van der Waals surface area contributed by atoms with Crippen LogP contribution in [-0.4, -0.2) is 32.4 Å². The average molecular weight is 455 g/mol. The summed E-state index contributed by atoms with van der Waals surface area (Å²) in [6.07, 6.45) is 3.62. The molecule has 8 heteroatoms. The van der Waals surface area contributed by atoms with Crippen LogP contribution >= 0.6 is 11.8 Å².